The first-order valence-corrected chi connectivity index (χ1v) is 8.36. The zero-order valence-electron chi connectivity index (χ0n) is 13.1. The molecule has 0 aromatic heterocycles. The molecule has 2 heterocycles. The van der Waals surface area contributed by atoms with Crippen molar-refractivity contribution in [3.8, 4) is 0 Å². The lowest BCUT2D eigenvalue weighted by Gasteiger charge is -2.37. The predicted octanol–water partition coefficient (Wildman–Crippen LogP) is 2.28. The van der Waals surface area contributed by atoms with Crippen molar-refractivity contribution in [2.45, 2.75) is 64.5 Å². The Hall–Kier alpha value is -0.610. The summed E-state index contributed by atoms with van der Waals surface area (Å²) in [6.07, 6.45) is 7.47. The molecule has 0 N–H and O–H groups in total. The van der Waals surface area contributed by atoms with E-state index in [1.807, 2.05) is 6.92 Å². The Bertz CT molecular complexity index is 299. The predicted molar refractivity (Wildman–Crippen MR) is 80.7 cm³/mol. The van der Waals surface area contributed by atoms with Crippen molar-refractivity contribution in [1.82, 2.24) is 9.80 Å². The summed E-state index contributed by atoms with van der Waals surface area (Å²) in [7, 11) is 0. The minimum Gasteiger partial charge on any atom is -0.377 e. The molecule has 2 fully saturated rings. The summed E-state index contributed by atoms with van der Waals surface area (Å²) in [6.45, 7) is 8.73. The second kappa shape index (κ2) is 7.99. The van der Waals surface area contributed by atoms with Crippen LogP contribution in [0.25, 0.3) is 0 Å². The van der Waals surface area contributed by atoms with Gasteiger partial charge in [-0.2, -0.15) is 0 Å². The van der Waals surface area contributed by atoms with Gasteiger partial charge in [-0.15, -0.1) is 0 Å². The maximum absolute atomic E-state index is 12.7. The van der Waals surface area contributed by atoms with Gasteiger partial charge in [0.25, 0.3) is 0 Å². The summed E-state index contributed by atoms with van der Waals surface area (Å²) in [5, 5.41) is 0. The summed E-state index contributed by atoms with van der Waals surface area (Å²) >= 11 is 0. The Morgan fingerprint density at radius 2 is 1.85 bits per heavy atom. The number of carbonyl (C=O) groups excluding carboxylic acids is 1. The number of hydrogen-bond acceptors (Lipinski definition) is 3. The van der Waals surface area contributed by atoms with Crippen molar-refractivity contribution < 1.29 is 9.53 Å². The molecular formula is C16H30N2O2. The van der Waals surface area contributed by atoms with Crippen molar-refractivity contribution in [3.05, 3.63) is 0 Å². The summed E-state index contributed by atoms with van der Waals surface area (Å²) < 4.78 is 5.74. The largest absolute Gasteiger partial charge is 0.377 e. The Labute approximate surface area is 123 Å². The first-order chi connectivity index (χ1) is 9.72. The molecule has 0 bridgehead atoms. The SMILES string of the molecule is CCO[C@H]1CCCN([C@@H](C)C(=O)N2CCCCCC2)C1. The third kappa shape index (κ3) is 4.19. The second-order valence-electron chi connectivity index (χ2n) is 6.13. The van der Waals surface area contributed by atoms with Gasteiger partial charge in [-0.25, -0.2) is 0 Å². The third-order valence-corrected chi connectivity index (χ3v) is 4.63. The molecule has 2 rings (SSSR count). The molecule has 0 unspecified atom stereocenters. The fourth-order valence-corrected chi connectivity index (χ4v) is 3.40. The van der Waals surface area contributed by atoms with Crippen LogP contribution in [-0.2, 0) is 9.53 Å². The average molecular weight is 282 g/mol. The van der Waals surface area contributed by atoms with E-state index in [4.69, 9.17) is 4.74 Å². The number of hydrogen-bond donors (Lipinski definition) is 0. The summed E-state index contributed by atoms with van der Waals surface area (Å²) in [4.78, 5) is 17.1. The van der Waals surface area contributed by atoms with E-state index in [2.05, 4.69) is 16.7 Å². The highest BCUT2D eigenvalue weighted by atomic mass is 16.5. The molecule has 0 saturated carbocycles. The second-order valence-corrected chi connectivity index (χ2v) is 6.13. The molecule has 1 amide bonds. The van der Waals surface area contributed by atoms with Gasteiger partial charge < -0.3 is 9.64 Å². The first kappa shape index (κ1) is 15.8. The van der Waals surface area contributed by atoms with Crippen LogP contribution in [0.3, 0.4) is 0 Å². The molecule has 4 heteroatoms. The van der Waals surface area contributed by atoms with E-state index in [9.17, 15) is 4.79 Å². The molecule has 2 aliphatic heterocycles. The first-order valence-electron chi connectivity index (χ1n) is 8.36. The van der Waals surface area contributed by atoms with Crippen LogP contribution in [0.4, 0.5) is 0 Å². The van der Waals surface area contributed by atoms with E-state index in [0.717, 1.165) is 45.6 Å². The number of ether oxygens (including phenoxy) is 1. The molecule has 2 saturated heterocycles. The van der Waals surface area contributed by atoms with Crippen molar-refractivity contribution in [2.75, 3.05) is 32.8 Å². The van der Waals surface area contributed by atoms with E-state index < -0.39 is 0 Å². The topological polar surface area (TPSA) is 32.8 Å². The summed E-state index contributed by atoms with van der Waals surface area (Å²) in [5.41, 5.74) is 0. The maximum atomic E-state index is 12.7. The van der Waals surface area contributed by atoms with Gasteiger partial charge in [-0.05, 0) is 46.1 Å². The zero-order chi connectivity index (χ0) is 14.4. The van der Waals surface area contributed by atoms with Gasteiger partial charge in [0.15, 0.2) is 0 Å². The van der Waals surface area contributed by atoms with E-state index in [-0.39, 0.29) is 6.04 Å². The number of amides is 1. The van der Waals surface area contributed by atoms with Crippen LogP contribution >= 0.6 is 0 Å². The normalized spacial score (nSPS) is 27.1. The molecule has 0 aromatic carbocycles. The fraction of sp³-hybridized carbons (Fsp3) is 0.938. The zero-order valence-corrected chi connectivity index (χ0v) is 13.1. The van der Waals surface area contributed by atoms with Crippen LogP contribution < -0.4 is 0 Å². The highest BCUT2D eigenvalue weighted by molar-refractivity contribution is 5.81. The highest BCUT2D eigenvalue weighted by Crippen LogP contribution is 2.18. The molecule has 0 aliphatic carbocycles. The van der Waals surface area contributed by atoms with Gasteiger partial charge in [0.1, 0.15) is 0 Å². The van der Waals surface area contributed by atoms with Gasteiger partial charge >= 0.3 is 0 Å². The van der Waals surface area contributed by atoms with Crippen LogP contribution in [0, 0.1) is 0 Å². The number of rotatable bonds is 4. The highest BCUT2D eigenvalue weighted by Gasteiger charge is 2.30. The van der Waals surface area contributed by atoms with Crippen LogP contribution in [0.1, 0.15) is 52.4 Å². The molecule has 0 aromatic rings. The Morgan fingerprint density at radius 3 is 2.50 bits per heavy atom. The van der Waals surface area contributed by atoms with E-state index in [0.29, 0.717) is 12.0 Å². The van der Waals surface area contributed by atoms with Gasteiger partial charge in [0.2, 0.25) is 5.91 Å². The standard InChI is InChI=1S/C16H30N2O2/c1-3-20-15-9-8-12-18(13-15)14(2)16(19)17-10-6-4-5-7-11-17/h14-15H,3-13H2,1-2H3/t14-,15-/m0/s1. The van der Waals surface area contributed by atoms with E-state index >= 15 is 0 Å². The molecule has 0 spiro atoms. The Kier molecular flexibility index (Phi) is 6.30. The Balaban J connectivity index is 1.88. The van der Waals surface area contributed by atoms with Gasteiger partial charge in [-0.1, -0.05) is 12.8 Å². The monoisotopic (exact) mass is 282 g/mol. The molecule has 4 nitrogen and oxygen atoms in total. The van der Waals surface area contributed by atoms with Crippen molar-refractivity contribution in [1.29, 1.82) is 0 Å². The van der Waals surface area contributed by atoms with Crippen molar-refractivity contribution >= 4 is 5.91 Å². The minimum absolute atomic E-state index is 0.0105. The van der Waals surface area contributed by atoms with Gasteiger partial charge in [0, 0.05) is 26.2 Å². The Morgan fingerprint density at radius 1 is 1.15 bits per heavy atom. The van der Waals surface area contributed by atoms with Crippen molar-refractivity contribution in [3.63, 3.8) is 0 Å². The van der Waals surface area contributed by atoms with Gasteiger partial charge in [-0.3, -0.25) is 9.69 Å². The lowest BCUT2D eigenvalue weighted by Crippen LogP contribution is -2.52. The summed E-state index contributed by atoms with van der Waals surface area (Å²) in [6, 6.07) is 0.0105. The number of piperidine rings is 1. The maximum Gasteiger partial charge on any atom is 0.239 e. The van der Waals surface area contributed by atoms with E-state index in [1.165, 1.54) is 25.7 Å². The number of carbonyl (C=O) groups is 1. The van der Waals surface area contributed by atoms with Crippen LogP contribution in [0.5, 0.6) is 0 Å². The summed E-state index contributed by atoms with van der Waals surface area (Å²) in [5.74, 6) is 0.323. The molecule has 2 atom stereocenters. The minimum atomic E-state index is 0.0105. The van der Waals surface area contributed by atoms with Crippen LogP contribution in [0.2, 0.25) is 0 Å². The average Bonchev–Trinajstić information content (AvgIpc) is 2.75. The van der Waals surface area contributed by atoms with Crippen LogP contribution in [-0.4, -0.2) is 60.6 Å². The molecule has 116 valence electrons. The smallest absolute Gasteiger partial charge is 0.239 e. The van der Waals surface area contributed by atoms with Crippen LogP contribution in [0.15, 0.2) is 0 Å². The van der Waals surface area contributed by atoms with E-state index in [1.54, 1.807) is 0 Å². The lowest BCUT2D eigenvalue weighted by molar-refractivity contribution is -0.137. The molecule has 0 radical (unpaired) electrons. The molecule has 20 heavy (non-hydrogen) atoms. The molecular weight excluding hydrogens is 252 g/mol. The fourth-order valence-electron chi connectivity index (χ4n) is 3.40. The third-order valence-electron chi connectivity index (χ3n) is 4.63. The molecule has 2 aliphatic rings. The number of likely N-dealkylation sites (tertiary alicyclic amines) is 2. The van der Waals surface area contributed by atoms with Gasteiger partial charge in [0.05, 0.1) is 12.1 Å². The number of nitrogens with zero attached hydrogens (tertiary/aromatic N) is 2. The lowest BCUT2D eigenvalue weighted by atomic mass is 10.1. The van der Waals surface area contributed by atoms with Crippen molar-refractivity contribution in [2.24, 2.45) is 0 Å². The quantitative estimate of drug-likeness (QED) is 0.793.